The van der Waals surface area contributed by atoms with Gasteiger partial charge in [0.15, 0.2) is 0 Å². The number of nitrogens with zero attached hydrogens (tertiary/aromatic N) is 2. The number of benzene rings is 1. The Labute approximate surface area is 482 Å². The molecule has 0 bridgehead atoms. The molecule has 3 saturated heterocycles. The number of likely N-dealkylation sites (tertiary alicyclic amines) is 1. The second-order valence-corrected chi connectivity index (χ2v) is 24.1. The van der Waals surface area contributed by atoms with Crippen LogP contribution in [0.1, 0.15) is 83.5 Å². The number of aromatic nitrogens is 1. The van der Waals surface area contributed by atoms with Gasteiger partial charge in [-0.15, -0.1) is 6.58 Å². The Balaban J connectivity index is 0.791. The fraction of sp³-hybridized carbons (Fsp3) is 0.618. The van der Waals surface area contributed by atoms with E-state index in [4.69, 9.17) is 23.7 Å². The van der Waals surface area contributed by atoms with Crippen LogP contribution in [0.2, 0.25) is 0 Å². The standard InChI is InChI=1S/C55H78N10O15S2/c1-4-36-31-55(36,53(72)64-82(74,75)39-16-17-39)63-50(70)43-30-38(80-51-40-18-15-37(76-3)29-35(40)19-22-58-51)33-65(43)52(71)41(32-59-45(66)5-2)60-48(69)14-8-13-47(68)57-21-10-24-78-26-28-79-27-25-77-23-9-20-56-46(67)12-7-6-11-44-49-42(34-81-44)61-54(73)62-49/h4-5,15,18-19,22,29,36,38-39,41-44,49H,1-2,6-14,16-17,20-21,23-28,30-34H2,3H3,(H,56,67)(H,57,68)(H,59,66)(H,60,69)(H,63,70)(H,64,72)(H2,61,62,73)/t36-,38+,41-,42-,43-,44-,49-,55+/m0/s1. The Hall–Kier alpha value is -6.55. The van der Waals surface area contributed by atoms with Gasteiger partial charge in [-0.25, -0.2) is 18.2 Å². The highest BCUT2D eigenvalue weighted by molar-refractivity contribution is 8.00. The number of unbranched alkanes of at least 4 members (excludes halogenated alkanes) is 1. The first-order chi connectivity index (χ1) is 39.5. The van der Waals surface area contributed by atoms with E-state index < -0.39 is 81.0 Å². The minimum Gasteiger partial charge on any atom is -0.497 e. The average molecular weight is 1180 g/mol. The zero-order valence-electron chi connectivity index (χ0n) is 46.4. The van der Waals surface area contributed by atoms with Crippen molar-refractivity contribution in [1.82, 2.24) is 51.8 Å². The maximum Gasteiger partial charge on any atom is 0.315 e. The van der Waals surface area contributed by atoms with Crippen molar-refractivity contribution in [3.8, 4) is 11.6 Å². The Kier molecular flexibility index (Phi) is 23.6. The number of pyridine rings is 1. The van der Waals surface area contributed by atoms with Crippen molar-refractivity contribution in [2.45, 2.75) is 130 Å². The van der Waals surface area contributed by atoms with Crippen molar-refractivity contribution in [2.75, 3.05) is 78.7 Å². The van der Waals surface area contributed by atoms with E-state index in [1.807, 2.05) is 11.8 Å². The lowest BCUT2D eigenvalue weighted by Crippen LogP contribution is -2.59. The van der Waals surface area contributed by atoms with Gasteiger partial charge in [0, 0.05) is 87.0 Å². The maximum atomic E-state index is 14.7. The molecule has 1 aromatic carbocycles. The largest absolute Gasteiger partial charge is 0.497 e. The molecule has 2 aliphatic carbocycles. The number of amides is 9. The summed E-state index contributed by atoms with van der Waals surface area (Å²) in [7, 11) is -2.45. The molecule has 7 rings (SSSR count). The van der Waals surface area contributed by atoms with Crippen molar-refractivity contribution in [2.24, 2.45) is 5.92 Å². The van der Waals surface area contributed by atoms with Crippen LogP contribution in [0.5, 0.6) is 11.6 Å². The Morgan fingerprint density at radius 1 is 0.866 bits per heavy atom. The summed E-state index contributed by atoms with van der Waals surface area (Å²) in [5.74, 6) is -2.87. The van der Waals surface area contributed by atoms with Gasteiger partial charge in [0.1, 0.15) is 29.5 Å². The van der Waals surface area contributed by atoms with Gasteiger partial charge in [-0.05, 0) is 87.1 Å². The first-order valence-electron chi connectivity index (χ1n) is 28.1. The number of thioether (sulfide) groups is 1. The fourth-order valence-electron chi connectivity index (χ4n) is 10.0. The van der Waals surface area contributed by atoms with E-state index >= 15 is 0 Å². The quantitative estimate of drug-likeness (QED) is 0.0203. The summed E-state index contributed by atoms with van der Waals surface area (Å²) in [6.07, 6.45) is 8.27. The normalized spacial score (nSPS) is 22.8. The van der Waals surface area contributed by atoms with Gasteiger partial charge in [0.25, 0.3) is 5.91 Å². The molecule has 82 heavy (non-hydrogen) atoms. The second-order valence-electron chi connectivity index (χ2n) is 20.9. The molecule has 8 atom stereocenters. The third-order valence-electron chi connectivity index (χ3n) is 14.8. The number of ether oxygens (including phenoxy) is 5. The highest BCUT2D eigenvalue weighted by Crippen LogP contribution is 2.45. The monoisotopic (exact) mass is 1180 g/mol. The summed E-state index contributed by atoms with van der Waals surface area (Å²) in [5, 5.41) is 20.6. The molecule has 1 aromatic heterocycles. The molecule has 450 valence electrons. The molecule has 5 aliphatic rings. The zero-order valence-corrected chi connectivity index (χ0v) is 48.0. The smallest absolute Gasteiger partial charge is 0.315 e. The number of carbonyl (C=O) groups excluding carboxylic acids is 8. The predicted molar refractivity (Wildman–Crippen MR) is 303 cm³/mol. The van der Waals surface area contributed by atoms with E-state index in [9.17, 15) is 46.8 Å². The number of hydrogen-bond acceptors (Lipinski definition) is 17. The van der Waals surface area contributed by atoms with Crippen LogP contribution in [0.4, 0.5) is 4.79 Å². The van der Waals surface area contributed by atoms with Crippen LogP contribution in [0, 0.1) is 5.92 Å². The van der Waals surface area contributed by atoms with E-state index in [-0.39, 0.29) is 74.5 Å². The minimum atomic E-state index is -3.99. The van der Waals surface area contributed by atoms with Crippen LogP contribution in [0.3, 0.4) is 0 Å². The van der Waals surface area contributed by atoms with E-state index in [0.717, 1.165) is 36.5 Å². The van der Waals surface area contributed by atoms with Gasteiger partial charge in [-0.3, -0.25) is 38.3 Å². The molecule has 2 aromatic rings. The Bertz CT molecular complexity index is 2740. The van der Waals surface area contributed by atoms with E-state index in [0.29, 0.717) is 101 Å². The maximum absolute atomic E-state index is 14.7. The van der Waals surface area contributed by atoms with E-state index in [1.165, 1.54) is 24.3 Å². The second kappa shape index (κ2) is 30.7. The van der Waals surface area contributed by atoms with Gasteiger partial charge in [-0.1, -0.05) is 19.1 Å². The third-order valence-corrected chi connectivity index (χ3v) is 18.1. The molecule has 4 heterocycles. The first kappa shape index (κ1) is 63.0. The van der Waals surface area contributed by atoms with Crippen LogP contribution in [-0.2, 0) is 57.8 Å². The lowest BCUT2D eigenvalue weighted by atomic mass is 10.0. The molecule has 27 heteroatoms. The number of rotatable bonds is 37. The Morgan fingerprint density at radius 3 is 2.21 bits per heavy atom. The van der Waals surface area contributed by atoms with Gasteiger partial charge >= 0.3 is 6.03 Å². The molecule has 5 fully saturated rings. The van der Waals surface area contributed by atoms with Crippen LogP contribution in [-0.4, -0.2) is 191 Å². The van der Waals surface area contributed by atoms with Crippen LogP contribution in [0.15, 0.2) is 55.8 Å². The molecule has 0 unspecified atom stereocenters. The predicted octanol–water partition coefficient (Wildman–Crippen LogP) is 1.01. The Morgan fingerprint density at radius 2 is 1.55 bits per heavy atom. The fourth-order valence-corrected chi connectivity index (χ4v) is 13.0. The van der Waals surface area contributed by atoms with E-state index in [2.05, 4.69) is 60.1 Å². The SMILES string of the molecule is C=CC(=O)NC[C@H](NC(=O)CCCC(=O)NCCCOCCOCCOCCCNC(=O)CCCC[C@@H]1SC[C@@H]2NC(=O)N[C@@H]21)C(=O)N1C[C@H](Oc2nccc3cc(OC)ccc23)C[C@H]1C(=O)N[C@]1(C(=O)NS(=O)(=O)C2CC2)C[C@@H]1C=C. The van der Waals surface area contributed by atoms with Crippen LogP contribution in [0.25, 0.3) is 10.8 Å². The van der Waals surface area contributed by atoms with Crippen LogP contribution >= 0.6 is 11.8 Å². The van der Waals surface area contributed by atoms with Crippen molar-refractivity contribution >= 4 is 79.9 Å². The average Bonchev–Trinajstić information content (AvgIpc) is 4.53. The van der Waals surface area contributed by atoms with Gasteiger partial charge in [0.2, 0.25) is 51.3 Å². The highest BCUT2D eigenvalue weighted by Gasteiger charge is 2.62. The summed E-state index contributed by atoms with van der Waals surface area (Å²) >= 11 is 1.88. The van der Waals surface area contributed by atoms with Crippen LogP contribution < -0.4 is 51.4 Å². The molecule has 25 nitrogen and oxygen atoms in total. The first-order valence-corrected chi connectivity index (χ1v) is 30.7. The lowest BCUT2D eigenvalue weighted by molar-refractivity contribution is -0.142. The van der Waals surface area contributed by atoms with Gasteiger partial charge < -0.3 is 65.8 Å². The third kappa shape index (κ3) is 18.2. The number of methoxy groups -OCH3 is 1. The number of nitrogens with one attached hydrogen (secondary N) is 8. The molecule has 2 saturated carbocycles. The topological polar surface area (TPSA) is 329 Å². The summed E-state index contributed by atoms with van der Waals surface area (Å²) < 4.78 is 56.3. The van der Waals surface area contributed by atoms with Crippen molar-refractivity contribution < 1.29 is 70.5 Å². The molecule has 0 spiro atoms. The lowest BCUT2D eigenvalue weighted by Gasteiger charge is -2.30. The summed E-state index contributed by atoms with van der Waals surface area (Å²) in [6.45, 7) is 9.88. The summed E-state index contributed by atoms with van der Waals surface area (Å²) in [6, 6.07) is 4.63. The number of urea groups is 1. The van der Waals surface area contributed by atoms with Crippen molar-refractivity contribution in [3.05, 3.63) is 55.8 Å². The number of fused-ring (bicyclic) bond motifs is 2. The molecular formula is C55H78N10O15S2. The minimum absolute atomic E-state index is 0.000659. The molecule has 9 amide bonds. The molecule has 3 aliphatic heterocycles. The highest BCUT2D eigenvalue weighted by atomic mass is 32.2. The van der Waals surface area contributed by atoms with E-state index in [1.54, 1.807) is 24.3 Å². The molecule has 0 radical (unpaired) electrons. The summed E-state index contributed by atoms with van der Waals surface area (Å²) in [4.78, 5) is 111. The zero-order chi connectivity index (χ0) is 58.7. The van der Waals surface area contributed by atoms with Gasteiger partial charge in [-0.2, -0.15) is 11.8 Å². The molecule has 8 N–H and O–H groups in total. The number of sulfonamides is 1. The summed E-state index contributed by atoms with van der Waals surface area (Å²) in [5.41, 5.74) is -1.66. The van der Waals surface area contributed by atoms with Gasteiger partial charge in [0.05, 0.1) is 57.4 Å². The number of hydrogen-bond donors (Lipinski definition) is 8. The molecular weight excluding hydrogens is 1100 g/mol. The van der Waals surface area contributed by atoms with Crippen molar-refractivity contribution in [3.63, 3.8) is 0 Å². The van der Waals surface area contributed by atoms with Crippen molar-refractivity contribution in [1.29, 1.82) is 0 Å². The number of carbonyl (C=O) groups is 8.